The zero-order valence-corrected chi connectivity index (χ0v) is 10.6. The Hall–Kier alpha value is -0.603. The Morgan fingerprint density at radius 3 is 1.60 bits per heavy atom. The fourth-order valence-electron chi connectivity index (χ4n) is 1.96. The molecule has 1 unspecified atom stereocenters. The molecule has 1 atom stereocenters. The van der Waals surface area contributed by atoms with E-state index in [1.54, 1.807) is 0 Å². The molecule has 1 nitrogen and oxygen atoms in total. The molecule has 0 spiro atoms. The van der Waals surface area contributed by atoms with Crippen LogP contribution in [0.1, 0.15) is 69.0 Å². The highest BCUT2D eigenvalue weighted by Crippen LogP contribution is 2.30. The average molecular weight is 305 g/mol. The third-order valence-corrected chi connectivity index (χ3v) is 6.45. The van der Waals surface area contributed by atoms with Crippen molar-refractivity contribution in [3.05, 3.63) is 35.9 Å². The van der Waals surface area contributed by atoms with E-state index in [1.807, 2.05) is 7.11 Å². The van der Waals surface area contributed by atoms with E-state index in [0.29, 0.717) is 5.54 Å². The molecule has 0 N–H and O–H groups in total. The first-order valence-corrected chi connectivity index (χ1v) is 8.20. The molecule has 2 heteroatoms. The second kappa shape index (κ2) is 16.5. The van der Waals surface area contributed by atoms with Crippen molar-refractivity contribution in [1.82, 2.24) is 0 Å². The zero-order valence-electron chi connectivity index (χ0n) is 9.58. The number of hydrogen-bond donors (Lipinski definition) is 0. The van der Waals surface area contributed by atoms with Crippen LogP contribution < -0.4 is 0 Å². The molecule has 1 rings (SSSR count). The summed E-state index contributed by atoms with van der Waals surface area (Å²) < 4.78 is 5.68. The Labute approximate surface area is 132 Å². The molecule has 0 bridgehead atoms. The summed E-state index contributed by atoms with van der Waals surface area (Å²) in [6.45, 7) is 6.81. The minimum atomic E-state index is -1.55. The minimum absolute atomic E-state index is 0. The second-order valence-electron chi connectivity index (χ2n) is 4.18. The second-order valence-corrected chi connectivity index (χ2v) is 8.49. The van der Waals surface area contributed by atoms with Crippen LogP contribution in [0.15, 0.2) is 30.3 Å². The lowest BCUT2D eigenvalue weighted by molar-refractivity contribution is 0.390. The summed E-state index contributed by atoms with van der Waals surface area (Å²) >= 11 is 0. The highest BCUT2D eigenvalue weighted by Gasteiger charge is 2.32. The Morgan fingerprint density at radius 1 is 0.900 bits per heavy atom. The zero-order chi connectivity index (χ0) is 10.6. The minimum Gasteiger partial charge on any atom is -0.420 e. The van der Waals surface area contributed by atoms with Crippen molar-refractivity contribution < 1.29 is 4.43 Å². The molecule has 0 fully saturated rings. The molecule has 0 aliphatic rings. The van der Waals surface area contributed by atoms with Gasteiger partial charge < -0.3 is 4.43 Å². The van der Waals surface area contributed by atoms with E-state index in [9.17, 15) is 0 Å². The molecule has 0 heterocycles. The molecule has 0 saturated heterocycles. The van der Waals surface area contributed by atoms with E-state index in [0.717, 1.165) is 6.42 Å². The lowest BCUT2D eigenvalue weighted by Crippen LogP contribution is -2.37. The normalized spacial score (nSPS) is 9.80. The number of hydrogen-bond acceptors (Lipinski definition) is 1. The summed E-state index contributed by atoms with van der Waals surface area (Å²) in [5.74, 6) is 0. The molecule has 0 aromatic heterocycles. The SMILES string of the molecule is C.C.C.C.C.C.CCC(c1ccccc1)[Si](C)(C)OC. The van der Waals surface area contributed by atoms with Gasteiger partial charge in [0, 0.05) is 12.7 Å². The van der Waals surface area contributed by atoms with Crippen LogP contribution in [-0.4, -0.2) is 15.4 Å². The molecular formula is C18H44OSi. The van der Waals surface area contributed by atoms with Gasteiger partial charge in [-0.25, -0.2) is 0 Å². The molecule has 0 aliphatic carbocycles. The first-order chi connectivity index (χ1) is 6.61. The van der Waals surface area contributed by atoms with Crippen LogP contribution in [0.25, 0.3) is 0 Å². The van der Waals surface area contributed by atoms with Gasteiger partial charge in [-0.05, 0) is 25.1 Å². The molecule has 1 aromatic rings. The van der Waals surface area contributed by atoms with Crippen molar-refractivity contribution in [3.63, 3.8) is 0 Å². The molecule has 0 amide bonds. The van der Waals surface area contributed by atoms with Crippen LogP contribution in [0.5, 0.6) is 0 Å². The van der Waals surface area contributed by atoms with Gasteiger partial charge in [-0.1, -0.05) is 81.8 Å². The van der Waals surface area contributed by atoms with Crippen molar-refractivity contribution in [2.75, 3.05) is 7.11 Å². The average Bonchev–Trinajstić information content (AvgIpc) is 2.20. The summed E-state index contributed by atoms with van der Waals surface area (Å²) in [5, 5.41) is 0. The maximum absolute atomic E-state index is 5.68. The van der Waals surface area contributed by atoms with E-state index >= 15 is 0 Å². The highest BCUT2D eigenvalue weighted by molar-refractivity contribution is 6.72. The number of benzene rings is 1. The van der Waals surface area contributed by atoms with Crippen LogP contribution in [-0.2, 0) is 4.43 Å². The van der Waals surface area contributed by atoms with Crippen molar-refractivity contribution in [1.29, 1.82) is 0 Å². The monoisotopic (exact) mass is 304 g/mol. The topological polar surface area (TPSA) is 9.23 Å². The van der Waals surface area contributed by atoms with Gasteiger partial charge in [0.25, 0.3) is 0 Å². The Balaban J connectivity index is -0.0000000817. The van der Waals surface area contributed by atoms with E-state index < -0.39 is 8.32 Å². The summed E-state index contributed by atoms with van der Waals surface area (Å²) in [5.41, 5.74) is 2.03. The molecule has 20 heavy (non-hydrogen) atoms. The lowest BCUT2D eigenvalue weighted by Gasteiger charge is -2.30. The predicted octanol–water partition coefficient (Wildman–Crippen LogP) is 7.39. The summed E-state index contributed by atoms with van der Waals surface area (Å²) in [6, 6.07) is 10.7. The standard InChI is InChI=1S/C12H20OSi.6CH4/c1-5-12(14(3,4)13-2)11-9-7-6-8-10-11;;;;;;/h6-10,12H,5H2,1-4H3;6*1H4. The van der Waals surface area contributed by atoms with Crippen molar-refractivity contribution in [2.24, 2.45) is 0 Å². The maximum Gasteiger partial charge on any atom is 0.193 e. The fraction of sp³-hybridized carbons (Fsp3) is 0.667. The van der Waals surface area contributed by atoms with Crippen molar-refractivity contribution >= 4 is 8.32 Å². The Bertz CT molecular complexity index is 270. The molecule has 0 aliphatic heterocycles. The first kappa shape index (κ1) is 36.6. The largest absolute Gasteiger partial charge is 0.420 e. The Morgan fingerprint density at radius 2 is 1.30 bits per heavy atom. The van der Waals surface area contributed by atoms with Gasteiger partial charge in [0.1, 0.15) is 0 Å². The van der Waals surface area contributed by atoms with E-state index in [1.165, 1.54) is 5.56 Å². The number of rotatable bonds is 4. The van der Waals surface area contributed by atoms with Crippen molar-refractivity contribution in [2.45, 2.75) is 76.5 Å². The molecular weight excluding hydrogens is 260 g/mol. The first-order valence-electron chi connectivity index (χ1n) is 5.22. The maximum atomic E-state index is 5.68. The Kier molecular flexibility index (Phi) is 30.1. The highest BCUT2D eigenvalue weighted by atomic mass is 28.4. The van der Waals surface area contributed by atoms with Gasteiger partial charge in [-0.15, -0.1) is 0 Å². The van der Waals surface area contributed by atoms with Crippen LogP contribution >= 0.6 is 0 Å². The van der Waals surface area contributed by atoms with Crippen molar-refractivity contribution in [3.8, 4) is 0 Å². The third-order valence-electron chi connectivity index (χ3n) is 2.98. The van der Waals surface area contributed by atoms with Gasteiger partial charge in [0.15, 0.2) is 8.32 Å². The van der Waals surface area contributed by atoms with Gasteiger partial charge in [-0.2, -0.15) is 0 Å². The van der Waals surface area contributed by atoms with E-state index in [2.05, 4.69) is 50.3 Å². The van der Waals surface area contributed by atoms with Gasteiger partial charge in [0.05, 0.1) is 0 Å². The van der Waals surface area contributed by atoms with E-state index in [-0.39, 0.29) is 44.6 Å². The fourth-order valence-corrected chi connectivity index (χ4v) is 4.22. The summed E-state index contributed by atoms with van der Waals surface area (Å²) in [7, 11) is 0.298. The molecule has 126 valence electrons. The summed E-state index contributed by atoms with van der Waals surface area (Å²) in [4.78, 5) is 0. The van der Waals surface area contributed by atoms with Crippen LogP contribution in [0.3, 0.4) is 0 Å². The predicted molar refractivity (Wildman–Crippen MR) is 104 cm³/mol. The van der Waals surface area contributed by atoms with Gasteiger partial charge >= 0.3 is 0 Å². The smallest absolute Gasteiger partial charge is 0.193 e. The van der Waals surface area contributed by atoms with E-state index in [4.69, 9.17) is 4.43 Å². The molecule has 0 radical (unpaired) electrons. The lowest BCUT2D eigenvalue weighted by atomic mass is 10.1. The summed E-state index contributed by atoms with van der Waals surface area (Å²) in [6.07, 6.45) is 1.16. The van der Waals surface area contributed by atoms with Crippen LogP contribution in [0, 0.1) is 0 Å². The van der Waals surface area contributed by atoms with Gasteiger partial charge in [0.2, 0.25) is 0 Å². The third kappa shape index (κ3) is 9.32. The molecule has 1 aromatic carbocycles. The van der Waals surface area contributed by atoms with Gasteiger partial charge in [-0.3, -0.25) is 0 Å². The molecule has 0 saturated carbocycles. The van der Waals surface area contributed by atoms with Crippen LogP contribution in [0.4, 0.5) is 0 Å². The van der Waals surface area contributed by atoms with Crippen LogP contribution in [0.2, 0.25) is 13.1 Å². The quantitative estimate of drug-likeness (QED) is 0.527.